The molecule has 0 saturated heterocycles. The van der Waals surface area contributed by atoms with Crippen molar-refractivity contribution in [2.24, 2.45) is 10.7 Å². The van der Waals surface area contributed by atoms with Crippen LogP contribution in [0.3, 0.4) is 0 Å². The largest absolute Gasteiger partial charge is 0.377 e. The predicted molar refractivity (Wildman–Crippen MR) is 100 cm³/mol. The van der Waals surface area contributed by atoms with Gasteiger partial charge in [-0.25, -0.2) is 0 Å². The summed E-state index contributed by atoms with van der Waals surface area (Å²) in [5.74, 6) is 0.575. The van der Waals surface area contributed by atoms with Gasteiger partial charge in [0.15, 0.2) is 5.96 Å². The highest BCUT2D eigenvalue weighted by molar-refractivity contribution is 14.0. The molecule has 0 aromatic carbocycles. The molecule has 1 rings (SSSR count). The van der Waals surface area contributed by atoms with Gasteiger partial charge < -0.3 is 20.7 Å². The summed E-state index contributed by atoms with van der Waals surface area (Å²) in [4.78, 5) is 6.62. The van der Waals surface area contributed by atoms with Gasteiger partial charge in [-0.05, 0) is 40.3 Å². The molecule has 1 saturated carbocycles. The Labute approximate surface area is 147 Å². The molecule has 0 aromatic rings. The Kier molecular flexibility index (Phi) is 12.4. The van der Waals surface area contributed by atoms with Gasteiger partial charge in [-0.2, -0.15) is 0 Å². The van der Waals surface area contributed by atoms with Crippen LogP contribution in [0.15, 0.2) is 4.99 Å². The summed E-state index contributed by atoms with van der Waals surface area (Å²) in [7, 11) is 4.15. The molecule has 6 heteroatoms. The summed E-state index contributed by atoms with van der Waals surface area (Å²) in [6.45, 7) is 4.41. The average Bonchev–Trinajstić information content (AvgIpc) is 2.43. The van der Waals surface area contributed by atoms with E-state index in [-0.39, 0.29) is 30.1 Å². The Balaban J connectivity index is 0.00000400. The predicted octanol–water partition coefficient (Wildman–Crippen LogP) is 2.20. The first-order valence-corrected chi connectivity index (χ1v) is 7.94. The second-order valence-corrected chi connectivity index (χ2v) is 5.87. The quantitative estimate of drug-likeness (QED) is 0.365. The minimum absolute atomic E-state index is 0. The second kappa shape index (κ2) is 12.5. The van der Waals surface area contributed by atoms with E-state index in [1.54, 1.807) is 0 Å². The standard InChI is InChI=1S/C15H32N4O.HI/c1-4-20-14(10-11-19(2)3)12-17-15(16)18-13-8-6-5-7-9-13;/h13-14H,4-12H2,1-3H3,(H3,16,17,18);1H. The van der Waals surface area contributed by atoms with Crippen molar-refractivity contribution in [2.75, 3.05) is 33.8 Å². The Bertz CT molecular complexity index is 281. The third-order valence-corrected chi connectivity index (χ3v) is 3.72. The van der Waals surface area contributed by atoms with Gasteiger partial charge in [0.1, 0.15) is 0 Å². The third-order valence-electron chi connectivity index (χ3n) is 3.72. The minimum atomic E-state index is 0. The van der Waals surface area contributed by atoms with E-state index in [2.05, 4.69) is 29.3 Å². The number of guanidine groups is 1. The molecule has 0 aromatic heterocycles. The zero-order valence-electron chi connectivity index (χ0n) is 13.8. The van der Waals surface area contributed by atoms with Crippen LogP contribution in [0.4, 0.5) is 0 Å². The number of aliphatic imine (C=N–C) groups is 1. The van der Waals surface area contributed by atoms with E-state index in [4.69, 9.17) is 10.5 Å². The minimum Gasteiger partial charge on any atom is -0.377 e. The molecule has 0 heterocycles. The van der Waals surface area contributed by atoms with Crippen LogP contribution in [-0.4, -0.2) is 56.8 Å². The second-order valence-electron chi connectivity index (χ2n) is 5.87. The van der Waals surface area contributed by atoms with Crippen LogP contribution in [0.25, 0.3) is 0 Å². The summed E-state index contributed by atoms with van der Waals surface area (Å²) in [6.07, 6.45) is 7.53. The molecule has 5 nitrogen and oxygen atoms in total. The van der Waals surface area contributed by atoms with Crippen molar-refractivity contribution < 1.29 is 4.74 Å². The fraction of sp³-hybridized carbons (Fsp3) is 0.933. The molecular formula is C15H33IN4O. The number of nitrogens with one attached hydrogen (secondary N) is 1. The first-order chi connectivity index (χ1) is 9.61. The van der Waals surface area contributed by atoms with E-state index in [0.717, 1.165) is 19.6 Å². The van der Waals surface area contributed by atoms with Crippen molar-refractivity contribution in [2.45, 2.75) is 57.6 Å². The SMILES string of the molecule is CCOC(CCN(C)C)CN=C(N)NC1CCCCC1.I. The van der Waals surface area contributed by atoms with Crippen molar-refractivity contribution in [3.63, 3.8) is 0 Å². The van der Waals surface area contributed by atoms with Crippen LogP contribution in [0, 0.1) is 0 Å². The van der Waals surface area contributed by atoms with Gasteiger partial charge in [-0.1, -0.05) is 19.3 Å². The maximum absolute atomic E-state index is 5.98. The lowest BCUT2D eigenvalue weighted by atomic mass is 9.96. The summed E-state index contributed by atoms with van der Waals surface area (Å²) < 4.78 is 5.72. The number of halogens is 1. The van der Waals surface area contributed by atoms with Gasteiger partial charge in [0.05, 0.1) is 12.6 Å². The van der Waals surface area contributed by atoms with Crippen LogP contribution in [0.5, 0.6) is 0 Å². The zero-order chi connectivity index (χ0) is 14.8. The van der Waals surface area contributed by atoms with Crippen LogP contribution >= 0.6 is 24.0 Å². The molecule has 0 aliphatic heterocycles. The molecule has 1 aliphatic rings. The lowest BCUT2D eigenvalue weighted by molar-refractivity contribution is 0.0582. The van der Waals surface area contributed by atoms with E-state index in [9.17, 15) is 0 Å². The van der Waals surface area contributed by atoms with Gasteiger partial charge >= 0.3 is 0 Å². The van der Waals surface area contributed by atoms with Gasteiger partial charge in [0, 0.05) is 19.2 Å². The molecule has 21 heavy (non-hydrogen) atoms. The van der Waals surface area contributed by atoms with Crippen molar-refractivity contribution in [1.29, 1.82) is 0 Å². The average molecular weight is 412 g/mol. The van der Waals surface area contributed by atoms with E-state index in [1.165, 1.54) is 32.1 Å². The van der Waals surface area contributed by atoms with Gasteiger partial charge in [0.2, 0.25) is 0 Å². The van der Waals surface area contributed by atoms with E-state index in [0.29, 0.717) is 18.5 Å². The zero-order valence-corrected chi connectivity index (χ0v) is 16.1. The number of rotatable bonds is 8. The highest BCUT2D eigenvalue weighted by Gasteiger charge is 2.14. The summed E-state index contributed by atoms with van der Waals surface area (Å²) >= 11 is 0. The Morgan fingerprint density at radius 3 is 2.57 bits per heavy atom. The molecule has 3 N–H and O–H groups in total. The third kappa shape index (κ3) is 10.3. The molecule has 126 valence electrons. The summed E-state index contributed by atoms with van der Waals surface area (Å²) in [6, 6.07) is 0.514. The molecule has 0 spiro atoms. The van der Waals surface area contributed by atoms with E-state index < -0.39 is 0 Å². The molecular weight excluding hydrogens is 379 g/mol. The molecule has 0 bridgehead atoms. The molecule has 1 unspecified atom stereocenters. The van der Waals surface area contributed by atoms with Crippen LogP contribution < -0.4 is 11.1 Å². The normalized spacial score (nSPS) is 18.4. The molecule has 1 fully saturated rings. The smallest absolute Gasteiger partial charge is 0.188 e. The first kappa shape index (κ1) is 20.9. The van der Waals surface area contributed by atoms with Gasteiger partial charge in [-0.3, -0.25) is 4.99 Å². The fourth-order valence-electron chi connectivity index (χ4n) is 2.57. The number of nitrogens with zero attached hydrogens (tertiary/aromatic N) is 2. The number of hydrogen-bond acceptors (Lipinski definition) is 3. The number of nitrogens with two attached hydrogens (primary N) is 1. The van der Waals surface area contributed by atoms with Crippen molar-refractivity contribution in [3.8, 4) is 0 Å². The summed E-state index contributed by atoms with van der Waals surface area (Å²) in [5.41, 5.74) is 5.98. The van der Waals surface area contributed by atoms with Gasteiger partial charge in [-0.15, -0.1) is 24.0 Å². The van der Waals surface area contributed by atoms with Crippen LogP contribution in [0.1, 0.15) is 45.4 Å². The highest BCUT2D eigenvalue weighted by atomic mass is 127. The van der Waals surface area contributed by atoms with Gasteiger partial charge in [0.25, 0.3) is 0 Å². The Hall–Kier alpha value is -0.0800. The maximum atomic E-state index is 5.98. The highest BCUT2D eigenvalue weighted by Crippen LogP contribution is 2.17. The Morgan fingerprint density at radius 2 is 2.00 bits per heavy atom. The summed E-state index contributed by atoms with van der Waals surface area (Å²) in [5, 5.41) is 3.34. The lowest BCUT2D eigenvalue weighted by Crippen LogP contribution is -2.41. The fourth-order valence-corrected chi connectivity index (χ4v) is 2.57. The molecule has 0 amide bonds. The molecule has 0 radical (unpaired) electrons. The lowest BCUT2D eigenvalue weighted by Gasteiger charge is -2.23. The van der Waals surface area contributed by atoms with Crippen LogP contribution in [-0.2, 0) is 4.74 Å². The van der Waals surface area contributed by atoms with Crippen LogP contribution in [0.2, 0.25) is 0 Å². The molecule has 1 aliphatic carbocycles. The van der Waals surface area contributed by atoms with E-state index in [1.807, 2.05) is 6.92 Å². The first-order valence-electron chi connectivity index (χ1n) is 7.94. The van der Waals surface area contributed by atoms with E-state index >= 15 is 0 Å². The van der Waals surface area contributed by atoms with Crippen molar-refractivity contribution in [1.82, 2.24) is 10.2 Å². The van der Waals surface area contributed by atoms with Crippen molar-refractivity contribution in [3.05, 3.63) is 0 Å². The van der Waals surface area contributed by atoms with Crippen molar-refractivity contribution >= 4 is 29.9 Å². The Morgan fingerprint density at radius 1 is 1.33 bits per heavy atom. The monoisotopic (exact) mass is 412 g/mol. The molecule has 1 atom stereocenters. The topological polar surface area (TPSA) is 62.9 Å². The number of ether oxygens (including phenoxy) is 1. The number of hydrogen-bond donors (Lipinski definition) is 2. The maximum Gasteiger partial charge on any atom is 0.188 e.